The second-order valence-electron chi connectivity index (χ2n) is 8.61. The van der Waals surface area contributed by atoms with E-state index in [2.05, 4.69) is 10.3 Å². The zero-order valence-electron chi connectivity index (χ0n) is 18.3. The van der Waals surface area contributed by atoms with Crippen molar-refractivity contribution in [1.29, 1.82) is 0 Å². The molecule has 2 aromatic carbocycles. The average Bonchev–Trinajstić information content (AvgIpc) is 3.55. The molecule has 1 N–H and O–H groups in total. The van der Waals surface area contributed by atoms with Gasteiger partial charge in [0, 0.05) is 42.7 Å². The molecule has 0 radical (unpaired) electrons. The van der Waals surface area contributed by atoms with Gasteiger partial charge in [0.25, 0.3) is 5.91 Å². The van der Waals surface area contributed by atoms with Gasteiger partial charge in [0.1, 0.15) is 6.04 Å². The second kappa shape index (κ2) is 9.31. The molecule has 3 aromatic rings. The largest absolute Gasteiger partial charge is 0.339 e. The number of carbonyl (C=O) groups excluding carboxylic acids is 3. The van der Waals surface area contributed by atoms with Crippen LogP contribution in [0, 0.1) is 5.92 Å². The zero-order chi connectivity index (χ0) is 22.8. The highest BCUT2D eigenvalue weighted by Crippen LogP contribution is 2.28. The third-order valence-corrected chi connectivity index (χ3v) is 7.34. The van der Waals surface area contributed by atoms with Crippen molar-refractivity contribution in [3.05, 3.63) is 59.6 Å². The lowest BCUT2D eigenvalue weighted by Gasteiger charge is -2.34. The topological polar surface area (TPSA) is 82.6 Å². The van der Waals surface area contributed by atoms with Crippen molar-refractivity contribution < 1.29 is 14.4 Å². The summed E-state index contributed by atoms with van der Waals surface area (Å²) in [5, 5.41) is 7.19. The van der Waals surface area contributed by atoms with Crippen LogP contribution in [0.25, 0.3) is 10.8 Å². The summed E-state index contributed by atoms with van der Waals surface area (Å²) in [6.45, 7) is 1.69. The van der Waals surface area contributed by atoms with Crippen molar-refractivity contribution in [1.82, 2.24) is 14.8 Å². The summed E-state index contributed by atoms with van der Waals surface area (Å²) in [6.07, 6.45) is 4.37. The Morgan fingerprint density at radius 2 is 1.76 bits per heavy atom. The van der Waals surface area contributed by atoms with E-state index >= 15 is 0 Å². The molecule has 1 aromatic heterocycles. The molecule has 0 saturated carbocycles. The number of fused-ring (bicyclic) bond motifs is 1. The summed E-state index contributed by atoms with van der Waals surface area (Å²) < 4.78 is 0. The Morgan fingerprint density at radius 1 is 0.970 bits per heavy atom. The predicted octanol–water partition coefficient (Wildman–Crippen LogP) is 3.78. The minimum absolute atomic E-state index is 0.0135. The second-order valence-corrected chi connectivity index (χ2v) is 9.50. The molecule has 33 heavy (non-hydrogen) atoms. The molecule has 170 valence electrons. The van der Waals surface area contributed by atoms with Crippen LogP contribution in [-0.2, 0) is 9.59 Å². The Morgan fingerprint density at radius 3 is 2.55 bits per heavy atom. The summed E-state index contributed by atoms with van der Waals surface area (Å²) in [5.41, 5.74) is 0.705. The van der Waals surface area contributed by atoms with Crippen LogP contribution in [0.2, 0.25) is 0 Å². The van der Waals surface area contributed by atoms with Gasteiger partial charge >= 0.3 is 0 Å². The van der Waals surface area contributed by atoms with Crippen LogP contribution in [-0.4, -0.2) is 58.2 Å². The van der Waals surface area contributed by atoms with Gasteiger partial charge in [0.05, 0.1) is 0 Å². The molecule has 0 aliphatic carbocycles. The Hall–Kier alpha value is -3.26. The number of nitrogens with zero attached hydrogens (tertiary/aromatic N) is 3. The van der Waals surface area contributed by atoms with Gasteiger partial charge in [-0.25, -0.2) is 4.98 Å². The van der Waals surface area contributed by atoms with Crippen LogP contribution in [0.4, 0.5) is 5.13 Å². The number of aromatic nitrogens is 1. The predicted molar refractivity (Wildman–Crippen MR) is 128 cm³/mol. The van der Waals surface area contributed by atoms with Crippen LogP contribution in [0.15, 0.2) is 54.0 Å². The maximum absolute atomic E-state index is 13.3. The third-order valence-electron chi connectivity index (χ3n) is 6.65. The molecule has 7 nitrogen and oxygen atoms in total. The molecule has 0 spiro atoms. The molecule has 2 aliphatic rings. The van der Waals surface area contributed by atoms with Gasteiger partial charge in [0.2, 0.25) is 11.8 Å². The van der Waals surface area contributed by atoms with Crippen molar-refractivity contribution in [2.45, 2.75) is 31.7 Å². The molecule has 0 bridgehead atoms. The van der Waals surface area contributed by atoms with E-state index in [0.29, 0.717) is 49.6 Å². The van der Waals surface area contributed by atoms with E-state index in [9.17, 15) is 14.4 Å². The molecule has 8 heteroatoms. The van der Waals surface area contributed by atoms with Crippen molar-refractivity contribution in [3.63, 3.8) is 0 Å². The van der Waals surface area contributed by atoms with Crippen LogP contribution in [0.5, 0.6) is 0 Å². The fraction of sp³-hybridized carbons (Fsp3) is 0.360. The lowest BCUT2D eigenvalue weighted by molar-refractivity contribution is -0.141. The maximum atomic E-state index is 13.3. The molecule has 1 atom stereocenters. The van der Waals surface area contributed by atoms with Gasteiger partial charge in [-0.1, -0.05) is 36.4 Å². The third kappa shape index (κ3) is 4.35. The van der Waals surface area contributed by atoms with E-state index in [1.807, 2.05) is 47.4 Å². The molecule has 3 heterocycles. The molecule has 2 fully saturated rings. The Labute approximate surface area is 196 Å². The van der Waals surface area contributed by atoms with E-state index in [1.54, 1.807) is 16.5 Å². The molecular formula is C25H26N4O3S. The normalized spacial score (nSPS) is 19.1. The number of carbonyl (C=O) groups is 3. The summed E-state index contributed by atoms with van der Waals surface area (Å²) in [5.74, 6) is -0.280. The van der Waals surface area contributed by atoms with E-state index in [4.69, 9.17) is 0 Å². The molecule has 2 aliphatic heterocycles. The van der Waals surface area contributed by atoms with Gasteiger partial charge in [-0.15, -0.1) is 11.3 Å². The number of likely N-dealkylation sites (tertiary alicyclic amines) is 2. The number of amides is 3. The molecule has 3 amide bonds. The maximum Gasteiger partial charge on any atom is 0.254 e. The molecule has 5 rings (SSSR count). The van der Waals surface area contributed by atoms with Gasteiger partial charge in [-0.05, 0) is 42.5 Å². The fourth-order valence-corrected chi connectivity index (χ4v) is 5.46. The fourth-order valence-electron chi connectivity index (χ4n) is 4.92. The molecule has 2 saturated heterocycles. The van der Waals surface area contributed by atoms with Gasteiger partial charge < -0.3 is 15.1 Å². The lowest BCUT2D eigenvalue weighted by atomic mass is 9.94. The zero-order valence-corrected chi connectivity index (χ0v) is 19.1. The van der Waals surface area contributed by atoms with Gasteiger partial charge in [-0.2, -0.15) is 0 Å². The first-order valence-corrected chi connectivity index (χ1v) is 12.3. The highest BCUT2D eigenvalue weighted by atomic mass is 32.1. The first-order valence-electron chi connectivity index (χ1n) is 11.4. The number of hydrogen-bond donors (Lipinski definition) is 1. The lowest BCUT2D eigenvalue weighted by Crippen LogP contribution is -2.48. The standard InChI is InChI=1S/C25H26N4O3S/c30-22(27-25-26-12-16-33-25)21-9-4-13-29(21)23(31)18-10-14-28(15-11-18)24(32)20-8-3-6-17-5-1-2-7-19(17)20/h1-3,5-8,12,16,18,21H,4,9-11,13-15H2,(H,26,27,30). The Kier molecular flexibility index (Phi) is 6.09. The number of benzene rings is 2. The van der Waals surface area contributed by atoms with E-state index < -0.39 is 6.04 Å². The van der Waals surface area contributed by atoms with Gasteiger partial charge in [-0.3, -0.25) is 14.4 Å². The van der Waals surface area contributed by atoms with Crippen molar-refractivity contribution >= 4 is 45.0 Å². The Bertz CT molecular complexity index is 1170. The van der Waals surface area contributed by atoms with Crippen LogP contribution < -0.4 is 5.32 Å². The number of piperidine rings is 1. The number of thiazole rings is 1. The number of hydrogen-bond acceptors (Lipinski definition) is 5. The number of rotatable bonds is 4. The van der Waals surface area contributed by atoms with Crippen molar-refractivity contribution in [2.75, 3.05) is 25.0 Å². The van der Waals surface area contributed by atoms with Gasteiger partial charge in [0.15, 0.2) is 5.13 Å². The Balaban J connectivity index is 1.22. The summed E-state index contributed by atoms with van der Waals surface area (Å²) >= 11 is 1.37. The highest BCUT2D eigenvalue weighted by Gasteiger charge is 2.38. The summed E-state index contributed by atoms with van der Waals surface area (Å²) in [7, 11) is 0. The van der Waals surface area contributed by atoms with E-state index in [1.165, 1.54) is 11.3 Å². The SMILES string of the molecule is O=C(Nc1nccs1)C1CCCN1C(=O)C1CCN(C(=O)c2cccc3ccccc23)CC1. The van der Waals surface area contributed by atoms with Crippen LogP contribution in [0.1, 0.15) is 36.0 Å². The highest BCUT2D eigenvalue weighted by molar-refractivity contribution is 7.13. The van der Waals surface area contributed by atoms with Crippen molar-refractivity contribution in [2.24, 2.45) is 5.92 Å². The molecule has 1 unspecified atom stereocenters. The smallest absolute Gasteiger partial charge is 0.254 e. The summed E-state index contributed by atoms with van der Waals surface area (Å²) in [6, 6.07) is 13.2. The first-order chi connectivity index (χ1) is 16.1. The van der Waals surface area contributed by atoms with Crippen LogP contribution in [0.3, 0.4) is 0 Å². The van der Waals surface area contributed by atoms with Crippen molar-refractivity contribution in [3.8, 4) is 0 Å². The molecular weight excluding hydrogens is 436 g/mol. The summed E-state index contributed by atoms with van der Waals surface area (Å²) in [4.78, 5) is 46.9. The quantitative estimate of drug-likeness (QED) is 0.640. The number of nitrogens with one attached hydrogen (secondary N) is 1. The minimum atomic E-state index is -0.447. The average molecular weight is 463 g/mol. The minimum Gasteiger partial charge on any atom is -0.339 e. The van der Waals surface area contributed by atoms with E-state index in [0.717, 1.165) is 17.2 Å². The van der Waals surface area contributed by atoms with Crippen LogP contribution >= 0.6 is 11.3 Å². The first kappa shape index (κ1) is 21.6. The number of anilines is 1. The van der Waals surface area contributed by atoms with E-state index in [-0.39, 0.29) is 23.6 Å². The monoisotopic (exact) mass is 462 g/mol.